The topological polar surface area (TPSA) is 35.5 Å². The summed E-state index contributed by atoms with van der Waals surface area (Å²) < 4.78 is 10.5. The molecule has 2 rings (SSSR count). The van der Waals surface area contributed by atoms with E-state index in [9.17, 15) is 4.79 Å². The molecule has 0 saturated heterocycles. The van der Waals surface area contributed by atoms with E-state index in [1.165, 1.54) is 6.08 Å². The van der Waals surface area contributed by atoms with Crippen molar-refractivity contribution >= 4 is 12.0 Å². The van der Waals surface area contributed by atoms with E-state index in [1.54, 1.807) is 13.0 Å². The fourth-order valence-corrected chi connectivity index (χ4v) is 1.77. The van der Waals surface area contributed by atoms with Crippen LogP contribution >= 0.6 is 0 Å². The van der Waals surface area contributed by atoms with Crippen LogP contribution in [0.3, 0.4) is 0 Å². The Hall–Kier alpha value is -2.55. The fourth-order valence-electron chi connectivity index (χ4n) is 1.77. The summed E-state index contributed by atoms with van der Waals surface area (Å²) in [5.74, 6) is 0.467. The summed E-state index contributed by atoms with van der Waals surface area (Å²) in [6.07, 6.45) is 3.14. The Kier molecular flexibility index (Phi) is 5.59. The van der Waals surface area contributed by atoms with Crippen LogP contribution in [0.5, 0.6) is 5.75 Å². The molecular weight excluding hydrogens is 264 g/mol. The molecule has 0 spiro atoms. The highest BCUT2D eigenvalue weighted by Crippen LogP contribution is 2.15. The zero-order chi connectivity index (χ0) is 14.9. The normalized spacial score (nSPS) is 10.5. The Morgan fingerprint density at radius 1 is 1.05 bits per heavy atom. The second-order valence-corrected chi connectivity index (χ2v) is 4.43. The van der Waals surface area contributed by atoms with E-state index in [0.29, 0.717) is 13.2 Å². The highest BCUT2D eigenvalue weighted by Gasteiger charge is 1.97. The summed E-state index contributed by atoms with van der Waals surface area (Å²) in [5.41, 5.74) is 2.05. The maximum absolute atomic E-state index is 11.2. The molecule has 0 amide bonds. The largest absolute Gasteiger partial charge is 0.489 e. The summed E-state index contributed by atoms with van der Waals surface area (Å²) in [7, 11) is 0. The van der Waals surface area contributed by atoms with Gasteiger partial charge in [0.2, 0.25) is 0 Å². The minimum absolute atomic E-state index is 0.332. The van der Waals surface area contributed by atoms with Gasteiger partial charge in [0.15, 0.2) is 0 Å². The number of esters is 1. The highest BCUT2D eigenvalue weighted by molar-refractivity contribution is 5.87. The molecule has 0 bridgehead atoms. The number of hydrogen-bond acceptors (Lipinski definition) is 3. The Morgan fingerprint density at radius 2 is 1.76 bits per heavy atom. The van der Waals surface area contributed by atoms with E-state index < -0.39 is 0 Å². The maximum Gasteiger partial charge on any atom is 0.330 e. The number of rotatable bonds is 6. The quantitative estimate of drug-likeness (QED) is 0.596. The van der Waals surface area contributed by atoms with Gasteiger partial charge in [-0.25, -0.2) is 4.79 Å². The monoisotopic (exact) mass is 282 g/mol. The maximum atomic E-state index is 11.2. The lowest BCUT2D eigenvalue weighted by atomic mass is 10.2. The average molecular weight is 282 g/mol. The second kappa shape index (κ2) is 7.90. The molecule has 3 nitrogen and oxygen atoms in total. The van der Waals surface area contributed by atoms with Crippen molar-refractivity contribution in [3.8, 4) is 5.75 Å². The van der Waals surface area contributed by atoms with Gasteiger partial charge in [0.1, 0.15) is 12.4 Å². The zero-order valence-corrected chi connectivity index (χ0v) is 12.0. The van der Waals surface area contributed by atoms with Gasteiger partial charge in [-0.3, -0.25) is 0 Å². The molecule has 0 aromatic heterocycles. The van der Waals surface area contributed by atoms with Crippen molar-refractivity contribution in [1.82, 2.24) is 0 Å². The third-order valence-electron chi connectivity index (χ3n) is 2.83. The van der Waals surface area contributed by atoms with Crippen molar-refractivity contribution in [2.45, 2.75) is 13.5 Å². The van der Waals surface area contributed by atoms with Crippen molar-refractivity contribution in [3.05, 3.63) is 71.8 Å². The number of ether oxygens (including phenoxy) is 2. The molecule has 0 saturated carbocycles. The van der Waals surface area contributed by atoms with E-state index in [2.05, 4.69) is 0 Å². The van der Waals surface area contributed by atoms with Gasteiger partial charge in [-0.1, -0.05) is 42.5 Å². The average Bonchev–Trinajstić information content (AvgIpc) is 2.53. The Balaban J connectivity index is 1.88. The smallest absolute Gasteiger partial charge is 0.330 e. The Labute approximate surface area is 124 Å². The molecule has 2 aromatic rings. The summed E-state index contributed by atoms with van der Waals surface area (Å²) in [6, 6.07) is 17.6. The third kappa shape index (κ3) is 5.15. The lowest BCUT2D eigenvalue weighted by Crippen LogP contribution is -1.98. The number of carbonyl (C=O) groups excluding carboxylic acids is 1. The molecule has 0 aliphatic carbocycles. The van der Waals surface area contributed by atoms with Crippen LogP contribution < -0.4 is 4.74 Å². The highest BCUT2D eigenvalue weighted by atomic mass is 16.5. The van der Waals surface area contributed by atoms with E-state index in [-0.39, 0.29) is 5.97 Å². The summed E-state index contributed by atoms with van der Waals surface area (Å²) >= 11 is 0. The first-order valence-corrected chi connectivity index (χ1v) is 6.89. The van der Waals surface area contributed by atoms with Gasteiger partial charge < -0.3 is 9.47 Å². The van der Waals surface area contributed by atoms with Crippen LogP contribution in [0.15, 0.2) is 60.7 Å². The van der Waals surface area contributed by atoms with Gasteiger partial charge in [0.05, 0.1) is 6.61 Å². The fraction of sp³-hybridized carbons (Fsp3) is 0.167. The van der Waals surface area contributed by atoms with E-state index >= 15 is 0 Å². The second-order valence-electron chi connectivity index (χ2n) is 4.43. The molecule has 0 N–H and O–H groups in total. The van der Waals surface area contributed by atoms with Crippen molar-refractivity contribution in [2.75, 3.05) is 6.61 Å². The molecule has 108 valence electrons. The van der Waals surface area contributed by atoms with Crippen LogP contribution in [0.2, 0.25) is 0 Å². The molecule has 0 heterocycles. The molecule has 0 aliphatic heterocycles. The SMILES string of the molecule is CCOC(=O)/C=C/c1ccc(OCc2ccccc2)cc1. The van der Waals surface area contributed by atoms with Gasteiger partial charge in [0.25, 0.3) is 0 Å². The van der Waals surface area contributed by atoms with Crippen molar-refractivity contribution in [2.24, 2.45) is 0 Å². The van der Waals surface area contributed by atoms with Gasteiger partial charge in [0, 0.05) is 6.08 Å². The van der Waals surface area contributed by atoms with Gasteiger partial charge in [-0.05, 0) is 36.3 Å². The van der Waals surface area contributed by atoms with Crippen molar-refractivity contribution in [1.29, 1.82) is 0 Å². The van der Waals surface area contributed by atoms with E-state index in [4.69, 9.17) is 9.47 Å². The molecule has 0 fully saturated rings. The summed E-state index contributed by atoms with van der Waals surface area (Å²) in [6.45, 7) is 2.71. The first kappa shape index (κ1) is 14.9. The Morgan fingerprint density at radius 3 is 2.43 bits per heavy atom. The Bertz CT molecular complexity index is 586. The molecule has 0 unspecified atom stereocenters. The van der Waals surface area contributed by atoms with Crippen molar-refractivity contribution < 1.29 is 14.3 Å². The minimum Gasteiger partial charge on any atom is -0.489 e. The lowest BCUT2D eigenvalue weighted by molar-refractivity contribution is -0.137. The summed E-state index contributed by atoms with van der Waals surface area (Å²) in [4.78, 5) is 11.2. The summed E-state index contributed by atoms with van der Waals surface area (Å²) in [5, 5.41) is 0. The molecule has 21 heavy (non-hydrogen) atoms. The lowest BCUT2D eigenvalue weighted by Gasteiger charge is -2.06. The van der Waals surface area contributed by atoms with Gasteiger partial charge >= 0.3 is 5.97 Å². The standard InChI is InChI=1S/C18H18O3/c1-2-20-18(19)13-10-15-8-11-17(12-9-15)21-14-16-6-4-3-5-7-16/h3-13H,2,14H2,1H3/b13-10+. The van der Waals surface area contributed by atoms with E-state index in [0.717, 1.165) is 16.9 Å². The van der Waals surface area contributed by atoms with Crippen LogP contribution in [0.1, 0.15) is 18.1 Å². The third-order valence-corrected chi connectivity index (χ3v) is 2.83. The van der Waals surface area contributed by atoms with Crippen LogP contribution in [0, 0.1) is 0 Å². The van der Waals surface area contributed by atoms with Crippen LogP contribution in [0.25, 0.3) is 6.08 Å². The number of benzene rings is 2. The number of hydrogen-bond donors (Lipinski definition) is 0. The van der Waals surface area contributed by atoms with Crippen LogP contribution in [-0.2, 0) is 16.1 Å². The molecule has 0 aliphatic rings. The van der Waals surface area contributed by atoms with Gasteiger partial charge in [-0.15, -0.1) is 0 Å². The van der Waals surface area contributed by atoms with Gasteiger partial charge in [-0.2, -0.15) is 0 Å². The van der Waals surface area contributed by atoms with E-state index in [1.807, 2.05) is 54.6 Å². The number of carbonyl (C=O) groups is 1. The predicted octanol–water partition coefficient (Wildman–Crippen LogP) is 3.84. The molecule has 0 radical (unpaired) electrons. The molecule has 2 aromatic carbocycles. The predicted molar refractivity (Wildman–Crippen MR) is 82.9 cm³/mol. The molecule has 3 heteroatoms. The van der Waals surface area contributed by atoms with Crippen molar-refractivity contribution in [3.63, 3.8) is 0 Å². The molecular formula is C18H18O3. The van der Waals surface area contributed by atoms with Crippen LogP contribution in [0.4, 0.5) is 0 Å². The van der Waals surface area contributed by atoms with Crippen LogP contribution in [-0.4, -0.2) is 12.6 Å². The zero-order valence-electron chi connectivity index (χ0n) is 12.0. The molecule has 0 atom stereocenters. The first-order chi connectivity index (χ1) is 10.3. The minimum atomic E-state index is -0.332. The first-order valence-electron chi connectivity index (χ1n) is 6.89.